The van der Waals surface area contributed by atoms with E-state index in [4.69, 9.17) is 28.4 Å². The third-order valence-electron chi connectivity index (χ3n) is 7.77. The number of rotatable bonds is 31. The van der Waals surface area contributed by atoms with Crippen LogP contribution in [0.2, 0.25) is 0 Å². The Bertz CT molecular complexity index is 883. The van der Waals surface area contributed by atoms with E-state index in [-0.39, 0.29) is 24.7 Å². The minimum Gasteiger partial charge on any atom is -0.379 e. The van der Waals surface area contributed by atoms with Crippen molar-refractivity contribution in [2.75, 3.05) is 79.3 Å². The van der Waals surface area contributed by atoms with Gasteiger partial charge >= 0.3 is 0 Å². The molecule has 0 spiro atoms. The third-order valence-corrected chi connectivity index (χ3v) is 7.77. The van der Waals surface area contributed by atoms with Crippen LogP contribution in [0.15, 0.2) is 0 Å². The number of hydrogen-bond donors (Lipinski definition) is 2. The minimum absolute atomic E-state index is 0.0879. The van der Waals surface area contributed by atoms with Crippen LogP contribution in [0.4, 0.5) is 0 Å². The summed E-state index contributed by atoms with van der Waals surface area (Å²) in [5, 5.41) is 6.58. The summed E-state index contributed by atoms with van der Waals surface area (Å²) in [6.07, 6.45) is 1.20. The van der Waals surface area contributed by atoms with Gasteiger partial charge in [-0.2, -0.15) is 0 Å². The first kappa shape index (κ1) is 49.7. The largest absolute Gasteiger partial charge is 0.379 e. The summed E-state index contributed by atoms with van der Waals surface area (Å²) in [6.45, 7) is 36.5. The molecule has 0 unspecified atom stereocenters. The zero-order valence-electron chi connectivity index (χ0n) is 35.8. The maximum atomic E-state index is 13.9. The van der Waals surface area contributed by atoms with E-state index in [0.29, 0.717) is 115 Å². The molecule has 0 aromatic heterocycles. The standard InChI is InChI=1S/C41H82N2O8/c1-16-46-25-40(26-47-19-31(2)3,27-48-20-32(4)5)42-36(44)17-38(12,13)24-39(14,15)18-37(45)43-41(28-49-21-33(6)7,29-50-22-34(8)9)30-51-23-35(10)11/h31-35H,16-30H2,1-15H3,(H,42,44)(H,43,45). The summed E-state index contributed by atoms with van der Waals surface area (Å²) in [5.74, 6) is 1.61. The molecule has 0 aliphatic heterocycles. The number of amides is 2. The second-order valence-electron chi connectivity index (χ2n) is 18.7. The van der Waals surface area contributed by atoms with Crippen LogP contribution in [0.5, 0.6) is 0 Å². The van der Waals surface area contributed by atoms with E-state index in [1.54, 1.807) is 0 Å². The first-order valence-electron chi connectivity index (χ1n) is 19.6. The van der Waals surface area contributed by atoms with Crippen LogP contribution in [0, 0.1) is 40.4 Å². The van der Waals surface area contributed by atoms with Crippen molar-refractivity contribution >= 4 is 11.8 Å². The van der Waals surface area contributed by atoms with Gasteiger partial charge in [-0.25, -0.2) is 0 Å². The van der Waals surface area contributed by atoms with Gasteiger partial charge in [0.25, 0.3) is 0 Å². The zero-order chi connectivity index (χ0) is 39.3. The zero-order valence-corrected chi connectivity index (χ0v) is 35.8. The maximum absolute atomic E-state index is 13.9. The lowest BCUT2D eigenvalue weighted by Gasteiger charge is -2.39. The van der Waals surface area contributed by atoms with Crippen LogP contribution in [-0.4, -0.2) is 102 Å². The van der Waals surface area contributed by atoms with Crippen LogP contribution in [0.3, 0.4) is 0 Å². The second kappa shape index (κ2) is 24.9. The normalized spacial score (nSPS) is 13.3. The molecule has 0 saturated carbocycles. The van der Waals surface area contributed by atoms with Gasteiger partial charge in [0.05, 0.1) is 39.6 Å². The highest BCUT2D eigenvalue weighted by Crippen LogP contribution is 2.38. The van der Waals surface area contributed by atoms with E-state index in [0.717, 1.165) is 0 Å². The van der Waals surface area contributed by atoms with E-state index in [1.165, 1.54) is 0 Å². The van der Waals surface area contributed by atoms with E-state index in [1.807, 2.05) is 6.92 Å². The molecule has 0 rings (SSSR count). The molecular weight excluding hydrogens is 648 g/mol. The molecule has 0 aromatic rings. The smallest absolute Gasteiger partial charge is 0.221 e. The Kier molecular flexibility index (Phi) is 24.3. The average Bonchev–Trinajstić information content (AvgIpc) is 2.93. The Hall–Kier alpha value is -1.30. The molecule has 2 N–H and O–H groups in total. The van der Waals surface area contributed by atoms with Crippen LogP contribution >= 0.6 is 0 Å². The Morgan fingerprint density at radius 1 is 0.451 bits per heavy atom. The van der Waals surface area contributed by atoms with Crippen molar-refractivity contribution in [3.8, 4) is 0 Å². The minimum atomic E-state index is -0.819. The van der Waals surface area contributed by atoms with Crippen LogP contribution < -0.4 is 10.6 Å². The Balaban J connectivity index is 5.90. The highest BCUT2D eigenvalue weighted by Gasteiger charge is 2.39. The number of carbonyl (C=O) groups excluding carboxylic acids is 2. The summed E-state index contributed by atoms with van der Waals surface area (Å²) in [4.78, 5) is 27.6. The Morgan fingerprint density at radius 2 is 0.686 bits per heavy atom. The van der Waals surface area contributed by atoms with Crippen molar-refractivity contribution in [2.45, 2.75) is 134 Å². The van der Waals surface area contributed by atoms with E-state index >= 15 is 0 Å². The fourth-order valence-corrected chi connectivity index (χ4v) is 6.18. The van der Waals surface area contributed by atoms with Gasteiger partial charge in [-0.3, -0.25) is 9.59 Å². The molecule has 0 radical (unpaired) electrons. The van der Waals surface area contributed by atoms with Crippen molar-refractivity contribution in [3.05, 3.63) is 0 Å². The molecule has 0 heterocycles. The predicted octanol–water partition coefficient (Wildman–Crippen LogP) is 7.32. The summed E-state index contributed by atoms with van der Waals surface area (Å²) < 4.78 is 36.4. The molecule has 2 amide bonds. The van der Waals surface area contributed by atoms with Crippen LogP contribution in [0.25, 0.3) is 0 Å². The third kappa shape index (κ3) is 25.4. The summed E-state index contributed by atoms with van der Waals surface area (Å²) in [6, 6.07) is 0. The molecule has 304 valence electrons. The molecule has 0 bridgehead atoms. The fraction of sp³-hybridized carbons (Fsp3) is 0.951. The molecule has 0 saturated heterocycles. The van der Waals surface area contributed by atoms with Crippen LogP contribution in [0.1, 0.15) is 123 Å². The lowest BCUT2D eigenvalue weighted by Crippen LogP contribution is -2.59. The molecule has 0 aliphatic carbocycles. The molecule has 10 heteroatoms. The van der Waals surface area contributed by atoms with Gasteiger partial charge in [-0.05, 0) is 53.8 Å². The average molecular weight is 731 g/mol. The van der Waals surface area contributed by atoms with Crippen molar-refractivity contribution in [2.24, 2.45) is 40.4 Å². The van der Waals surface area contributed by atoms with E-state index < -0.39 is 21.9 Å². The first-order valence-corrected chi connectivity index (χ1v) is 19.6. The van der Waals surface area contributed by atoms with Gasteiger partial charge in [0.1, 0.15) is 11.1 Å². The van der Waals surface area contributed by atoms with Crippen LogP contribution in [-0.2, 0) is 38.0 Å². The molecule has 51 heavy (non-hydrogen) atoms. The van der Waals surface area contributed by atoms with Gasteiger partial charge in [0.2, 0.25) is 11.8 Å². The number of ether oxygens (including phenoxy) is 6. The lowest BCUT2D eigenvalue weighted by molar-refractivity contribution is -0.131. The van der Waals surface area contributed by atoms with Gasteiger partial charge in [-0.1, -0.05) is 96.9 Å². The topological polar surface area (TPSA) is 114 Å². The summed E-state index contributed by atoms with van der Waals surface area (Å²) in [7, 11) is 0. The SMILES string of the molecule is CCOCC(COCC(C)C)(COCC(C)C)NC(=O)CC(C)(C)CC(C)(C)CC(=O)NC(COCC(C)C)(COCC(C)C)COCC(C)C. The first-order chi connectivity index (χ1) is 23.6. The Labute approximate surface area is 313 Å². The fourth-order valence-electron chi connectivity index (χ4n) is 6.18. The van der Waals surface area contributed by atoms with E-state index in [2.05, 4.69) is 108 Å². The van der Waals surface area contributed by atoms with E-state index in [9.17, 15) is 9.59 Å². The molecule has 0 atom stereocenters. The van der Waals surface area contributed by atoms with Crippen molar-refractivity contribution in [1.82, 2.24) is 10.6 Å². The molecule has 0 aliphatic rings. The lowest BCUT2D eigenvalue weighted by atomic mass is 9.71. The van der Waals surface area contributed by atoms with Gasteiger partial charge < -0.3 is 39.1 Å². The summed E-state index contributed by atoms with van der Waals surface area (Å²) >= 11 is 0. The van der Waals surface area contributed by atoms with Gasteiger partial charge in [0, 0.05) is 52.5 Å². The number of nitrogens with one attached hydrogen (secondary N) is 2. The quantitative estimate of drug-likeness (QED) is 0.0764. The molecule has 0 fully saturated rings. The second-order valence-corrected chi connectivity index (χ2v) is 18.7. The Morgan fingerprint density at radius 3 is 0.902 bits per heavy atom. The highest BCUT2D eigenvalue weighted by molar-refractivity contribution is 5.78. The van der Waals surface area contributed by atoms with Crippen molar-refractivity contribution < 1.29 is 38.0 Å². The number of hydrogen-bond acceptors (Lipinski definition) is 8. The van der Waals surface area contributed by atoms with Crippen molar-refractivity contribution in [3.63, 3.8) is 0 Å². The monoisotopic (exact) mass is 731 g/mol. The highest BCUT2D eigenvalue weighted by atomic mass is 16.5. The number of carbonyl (C=O) groups is 2. The van der Waals surface area contributed by atoms with Gasteiger partial charge in [-0.15, -0.1) is 0 Å². The maximum Gasteiger partial charge on any atom is 0.221 e. The van der Waals surface area contributed by atoms with Crippen molar-refractivity contribution in [1.29, 1.82) is 0 Å². The van der Waals surface area contributed by atoms with Gasteiger partial charge in [0.15, 0.2) is 0 Å². The molecule has 10 nitrogen and oxygen atoms in total. The molecular formula is C41H82N2O8. The molecule has 0 aromatic carbocycles. The summed E-state index contributed by atoms with van der Waals surface area (Å²) in [5.41, 5.74) is -2.43. The predicted molar refractivity (Wildman–Crippen MR) is 208 cm³/mol.